The SMILES string of the molecule is COCCOc1cccc2c1ccc1nc3cccc(C(=O)O)c3nc12. The Hall–Kier alpha value is -3.25. The van der Waals surface area contributed by atoms with E-state index in [0.29, 0.717) is 35.3 Å². The van der Waals surface area contributed by atoms with Crippen molar-refractivity contribution in [1.29, 1.82) is 0 Å². The van der Waals surface area contributed by atoms with Crippen LogP contribution in [-0.2, 0) is 4.74 Å². The fourth-order valence-electron chi connectivity index (χ4n) is 3.02. The molecule has 0 spiro atoms. The molecule has 0 fully saturated rings. The zero-order valence-corrected chi connectivity index (χ0v) is 14.1. The van der Waals surface area contributed by atoms with E-state index in [9.17, 15) is 9.90 Å². The summed E-state index contributed by atoms with van der Waals surface area (Å²) in [6, 6.07) is 14.5. The van der Waals surface area contributed by atoms with E-state index < -0.39 is 5.97 Å². The summed E-state index contributed by atoms with van der Waals surface area (Å²) in [5.41, 5.74) is 2.44. The van der Waals surface area contributed by atoms with Crippen molar-refractivity contribution in [2.45, 2.75) is 0 Å². The van der Waals surface area contributed by atoms with E-state index in [-0.39, 0.29) is 5.56 Å². The van der Waals surface area contributed by atoms with Gasteiger partial charge in [-0.1, -0.05) is 18.2 Å². The number of para-hydroxylation sites is 1. The van der Waals surface area contributed by atoms with E-state index in [0.717, 1.165) is 16.5 Å². The summed E-state index contributed by atoms with van der Waals surface area (Å²) >= 11 is 0. The fourth-order valence-corrected chi connectivity index (χ4v) is 3.02. The Morgan fingerprint density at radius 2 is 1.73 bits per heavy atom. The summed E-state index contributed by atoms with van der Waals surface area (Å²) < 4.78 is 10.8. The maximum Gasteiger partial charge on any atom is 0.337 e. The highest BCUT2D eigenvalue weighted by Crippen LogP contribution is 2.31. The van der Waals surface area contributed by atoms with Crippen LogP contribution in [0.2, 0.25) is 0 Å². The third-order valence-electron chi connectivity index (χ3n) is 4.23. The van der Waals surface area contributed by atoms with Gasteiger partial charge in [-0.2, -0.15) is 0 Å². The number of nitrogens with zero attached hydrogens (tertiary/aromatic N) is 2. The number of hydrogen-bond acceptors (Lipinski definition) is 5. The molecule has 1 heterocycles. The van der Waals surface area contributed by atoms with Crippen LogP contribution >= 0.6 is 0 Å². The molecule has 0 amide bonds. The van der Waals surface area contributed by atoms with Crippen molar-refractivity contribution < 1.29 is 19.4 Å². The molecule has 0 saturated carbocycles. The van der Waals surface area contributed by atoms with Crippen LogP contribution in [0.4, 0.5) is 0 Å². The predicted octanol–water partition coefficient (Wildman–Crippen LogP) is 3.66. The Balaban J connectivity index is 1.97. The average molecular weight is 348 g/mol. The predicted molar refractivity (Wildman–Crippen MR) is 98.9 cm³/mol. The number of ether oxygens (including phenoxy) is 2. The number of hydrogen-bond donors (Lipinski definition) is 1. The van der Waals surface area contributed by atoms with Crippen molar-refractivity contribution in [2.24, 2.45) is 0 Å². The van der Waals surface area contributed by atoms with Crippen LogP contribution < -0.4 is 4.74 Å². The van der Waals surface area contributed by atoms with Crippen molar-refractivity contribution >= 4 is 38.8 Å². The van der Waals surface area contributed by atoms with Gasteiger partial charge in [-0.3, -0.25) is 0 Å². The van der Waals surface area contributed by atoms with Crippen LogP contribution in [0.5, 0.6) is 5.75 Å². The maximum absolute atomic E-state index is 11.5. The summed E-state index contributed by atoms with van der Waals surface area (Å²) in [5, 5.41) is 11.2. The lowest BCUT2D eigenvalue weighted by Gasteiger charge is -2.11. The molecule has 0 aliphatic heterocycles. The molecule has 0 aliphatic carbocycles. The number of carbonyl (C=O) groups is 1. The van der Waals surface area contributed by atoms with E-state index in [1.807, 2.05) is 30.3 Å². The molecule has 130 valence electrons. The van der Waals surface area contributed by atoms with Gasteiger partial charge in [0.2, 0.25) is 0 Å². The van der Waals surface area contributed by atoms with Gasteiger partial charge in [-0.15, -0.1) is 0 Å². The first kappa shape index (κ1) is 16.2. The number of carboxylic acid groups (broad SMARTS) is 1. The first-order valence-corrected chi connectivity index (χ1v) is 8.16. The highest BCUT2D eigenvalue weighted by Gasteiger charge is 2.14. The molecule has 4 aromatic rings. The number of benzene rings is 3. The molecule has 4 rings (SSSR count). The molecular weight excluding hydrogens is 332 g/mol. The quantitative estimate of drug-likeness (QED) is 0.337. The molecule has 1 aromatic heterocycles. The number of fused-ring (bicyclic) bond motifs is 4. The zero-order chi connectivity index (χ0) is 18.1. The van der Waals surface area contributed by atoms with Gasteiger partial charge < -0.3 is 14.6 Å². The molecule has 0 saturated heterocycles. The Kier molecular flexibility index (Phi) is 4.10. The molecule has 0 aliphatic rings. The molecule has 6 heteroatoms. The third-order valence-corrected chi connectivity index (χ3v) is 4.23. The Morgan fingerprint density at radius 3 is 2.54 bits per heavy atom. The van der Waals surface area contributed by atoms with Crippen LogP contribution in [0.3, 0.4) is 0 Å². The lowest BCUT2D eigenvalue weighted by Crippen LogP contribution is -2.04. The van der Waals surface area contributed by atoms with Crippen molar-refractivity contribution in [3.8, 4) is 5.75 Å². The van der Waals surface area contributed by atoms with Crippen LogP contribution in [-0.4, -0.2) is 41.4 Å². The zero-order valence-electron chi connectivity index (χ0n) is 14.1. The summed E-state index contributed by atoms with van der Waals surface area (Å²) in [6.07, 6.45) is 0. The number of aromatic carboxylic acids is 1. The van der Waals surface area contributed by atoms with Gasteiger partial charge in [0.25, 0.3) is 0 Å². The van der Waals surface area contributed by atoms with E-state index in [2.05, 4.69) is 9.97 Å². The molecule has 3 aromatic carbocycles. The summed E-state index contributed by atoms with van der Waals surface area (Å²) in [7, 11) is 1.63. The molecule has 6 nitrogen and oxygen atoms in total. The van der Waals surface area contributed by atoms with Gasteiger partial charge in [0.15, 0.2) is 0 Å². The number of rotatable bonds is 5. The third kappa shape index (κ3) is 2.70. The smallest absolute Gasteiger partial charge is 0.337 e. The van der Waals surface area contributed by atoms with E-state index in [4.69, 9.17) is 9.47 Å². The monoisotopic (exact) mass is 348 g/mol. The van der Waals surface area contributed by atoms with Crippen LogP contribution in [0, 0.1) is 0 Å². The van der Waals surface area contributed by atoms with Crippen molar-refractivity contribution in [3.05, 3.63) is 54.1 Å². The largest absolute Gasteiger partial charge is 0.491 e. The second kappa shape index (κ2) is 6.57. The fraction of sp³-hybridized carbons (Fsp3) is 0.150. The van der Waals surface area contributed by atoms with Crippen LogP contribution in [0.15, 0.2) is 48.5 Å². The van der Waals surface area contributed by atoms with E-state index in [1.54, 1.807) is 19.2 Å². The van der Waals surface area contributed by atoms with Crippen molar-refractivity contribution in [1.82, 2.24) is 9.97 Å². The van der Waals surface area contributed by atoms with E-state index >= 15 is 0 Å². The van der Waals surface area contributed by atoms with Gasteiger partial charge in [0, 0.05) is 17.9 Å². The van der Waals surface area contributed by atoms with Crippen molar-refractivity contribution in [2.75, 3.05) is 20.3 Å². The second-order valence-corrected chi connectivity index (χ2v) is 5.83. The number of aromatic nitrogens is 2. The highest BCUT2D eigenvalue weighted by molar-refractivity contribution is 6.10. The first-order chi connectivity index (χ1) is 12.7. The Labute approximate surface area is 149 Å². The van der Waals surface area contributed by atoms with Crippen LogP contribution in [0.1, 0.15) is 10.4 Å². The highest BCUT2D eigenvalue weighted by atomic mass is 16.5. The van der Waals surface area contributed by atoms with Gasteiger partial charge in [-0.05, 0) is 30.3 Å². The van der Waals surface area contributed by atoms with Gasteiger partial charge in [-0.25, -0.2) is 14.8 Å². The molecular formula is C20H16N2O4. The molecule has 26 heavy (non-hydrogen) atoms. The molecule has 0 bridgehead atoms. The minimum absolute atomic E-state index is 0.140. The standard InChI is InChI=1S/C20H16N2O4/c1-25-10-11-26-17-7-3-4-13-12(17)8-9-16-18(13)22-19-14(20(23)24)5-2-6-15(19)21-16/h2-9H,10-11H2,1H3,(H,23,24). The summed E-state index contributed by atoms with van der Waals surface area (Å²) in [5.74, 6) is -0.289. The van der Waals surface area contributed by atoms with E-state index in [1.165, 1.54) is 6.07 Å². The maximum atomic E-state index is 11.5. The molecule has 0 unspecified atom stereocenters. The molecule has 0 radical (unpaired) electrons. The summed E-state index contributed by atoms with van der Waals surface area (Å²) in [6.45, 7) is 0.941. The Bertz CT molecular complexity index is 1140. The normalized spacial score (nSPS) is 11.3. The topological polar surface area (TPSA) is 81.5 Å². The lowest BCUT2D eigenvalue weighted by atomic mass is 10.1. The second-order valence-electron chi connectivity index (χ2n) is 5.83. The van der Waals surface area contributed by atoms with Gasteiger partial charge in [0.05, 0.1) is 28.7 Å². The van der Waals surface area contributed by atoms with Crippen LogP contribution in [0.25, 0.3) is 32.8 Å². The van der Waals surface area contributed by atoms with Crippen molar-refractivity contribution in [3.63, 3.8) is 0 Å². The first-order valence-electron chi connectivity index (χ1n) is 8.16. The minimum Gasteiger partial charge on any atom is -0.491 e. The average Bonchev–Trinajstić information content (AvgIpc) is 2.66. The van der Waals surface area contributed by atoms with Gasteiger partial charge >= 0.3 is 5.97 Å². The minimum atomic E-state index is -1.02. The number of carboxylic acids is 1. The Morgan fingerprint density at radius 1 is 0.923 bits per heavy atom. The molecule has 0 atom stereocenters. The van der Waals surface area contributed by atoms with Gasteiger partial charge in [0.1, 0.15) is 17.9 Å². The molecule has 1 N–H and O–H groups in total. The number of methoxy groups -OCH3 is 1. The summed E-state index contributed by atoms with van der Waals surface area (Å²) in [4.78, 5) is 20.7. The lowest BCUT2D eigenvalue weighted by molar-refractivity contribution is 0.0699.